The first-order chi connectivity index (χ1) is 13.4. The Kier molecular flexibility index (Phi) is 8.10. The van der Waals surface area contributed by atoms with Gasteiger partial charge in [-0.15, -0.1) is 11.8 Å². The summed E-state index contributed by atoms with van der Waals surface area (Å²) < 4.78 is 5.42. The van der Waals surface area contributed by atoms with E-state index in [0.29, 0.717) is 28.7 Å². The van der Waals surface area contributed by atoms with Gasteiger partial charge >= 0.3 is 5.63 Å². The van der Waals surface area contributed by atoms with Crippen molar-refractivity contribution in [1.82, 2.24) is 5.32 Å². The Balaban J connectivity index is 2.23. The van der Waals surface area contributed by atoms with Crippen molar-refractivity contribution >= 4 is 34.1 Å². The van der Waals surface area contributed by atoms with Crippen molar-refractivity contribution in [2.45, 2.75) is 52.6 Å². The first-order valence-electron chi connectivity index (χ1n) is 9.53. The van der Waals surface area contributed by atoms with Crippen LogP contribution in [0.2, 0.25) is 0 Å². The maximum absolute atomic E-state index is 12.7. The molecule has 0 bridgehead atoms. The molecule has 1 aliphatic rings. The number of nitrogens with zero attached hydrogens (tertiary/aromatic N) is 3. The van der Waals surface area contributed by atoms with Crippen LogP contribution in [0.5, 0.6) is 0 Å². The molecule has 1 amide bonds. The number of thioether (sulfide) groups is 1. The second kappa shape index (κ2) is 10.3. The minimum Gasteiger partial charge on any atom is -0.426 e. The van der Waals surface area contributed by atoms with Crippen LogP contribution in [0, 0.1) is 0 Å². The number of hydrogen-bond donors (Lipinski definition) is 2. The summed E-state index contributed by atoms with van der Waals surface area (Å²) in [5, 5.41) is 15.5. The third-order valence-corrected chi connectivity index (χ3v) is 5.71. The van der Waals surface area contributed by atoms with Gasteiger partial charge in [-0.3, -0.25) is 9.79 Å². The lowest BCUT2D eigenvalue weighted by molar-refractivity contribution is -0.122. The molecule has 0 aromatic carbocycles. The van der Waals surface area contributed by atoms with Crippen molar-refractivity contribution in [3.05, 3.63) is 28.3 Å². The van der Waals surface area contributed by atoms with Crippen LogP contribution < -0.4 is 15.8 Å². The largest absolute Gasteiger partial charge is 0.426 e. The number of amides is 1. The Bertz CT molecular complexity index is 801. The highest BCUT2D eigenvalue weighted by Gasteiger charge is 2.29. The van der Waals surface area contributed by atoms with Gasteiger partial charge in [-0.1, -0.05) is 18.5 Å². The van der Waals surface area contributed by atoms with E-state index >= 15 is 0 Å². The highest BCUT2D eigenvalue weighted by atomic mass is 32.2. The summed E-state index contributed by atoms with van der Waals surface area (Å²) in [6.07, 6.45) is 1.46. The molecule has 154 valence electrons. The van der Waals surface area contributed by atoms with Gasteiger partial charge in [0.05, 0.1) is 6.04 Å². The molecular formula is C19H28N4O4S. The average Bonchev–Trinajstić information content (AvgIpc) is 3.18. The van der Waals surface area contributed by atoms with Crippen LogP contribution in [0.15, 0.2) is 31.5 Å². The molecule has 0 saturated carbocycles. The van der Waals surface area contributed by atoms with Gasteiger partial charge in [-0.2, -0.15) is 0 Å². The zero-order chi connectivity index (χ0) is 20.7. The number of anilines is 1. The molecule has 0 fully saturated rings. The van der Waals surface area contributed by atoms with Crippen LogP contribution in [0.1, 0.15) is 52.3 Å². The van der Waals surface area contributed by atoms with E-state index in [2.05, 4.69) is 20.4 Å². The van der Waals surface area contributed by atoms with E-state index in [-0.39, 0.29) is 5.91 Å². The van der Waals surface area contributed by atoms with E-state index in [1.807, 2.05) is 26.8 Å². The van der Waals surface area contributed by atoms with Gasteiger partial charge in [0.25, 0.3) is 0 Å². The van der Waals surface area contributed by atoms with Crippen molar-refractivity contribution in [1.29, 1.82) is 0 Å². The topological polar surface area (TPSA) is 107 Å². The normalized spacial score (nSPS) is 17.9. The van der Waals surface area contributed by atoms with Crippen LogP contribution in [0.25, 0.3) is 0 Å². The summed E-state index contributed by atoms with van der Waals surface area (Å²) in [4.78, 5) is 31.2. The molecule has 2 N–H and O–H groups in total. The summed E-state index contributed by atoms with van der Waals surface area (Å²) in [6.45, 7) is 9.23. The molecule has 0 radical (unpaired) electrons. The fourth-order valence-corrected chi connectivity index (χ4v) is 4.01. The van der Waals surface area contributed by atoms with E-state index in [9.17, 15) is 9.59 Å². The Morgan fingerprint density at radius 3 is 2.75 bits per heavy atom. The first-order valence-corrected chi connectivity index (χ1v) is 10.5. The van der Waals surface area contributed by atoms with Crippen molar-refractivity contribution < 1.29 is 14.4 Å². The number of oxime groups is 1. The SMILES string of the molecule is CCCC(NC(=O)C1CSC(/C(C)=N/O)=N1)c1cc(N(CC)CC)cc(=O)o1. The van der Waals surface area contributed by atoms with E-state index < -0.39 is 17.7 Å². The van der Waals surface area contributed by atoms with Gasteiger partial charge in [-0.05, 0) is 27.2 Å². The molecule has 0 spiro atoms. The number of carbonyl (C=O) groups is 1. The lowest BCUT2D eigenvalue weighted by Crippen LogP contribution is -2.37. The Morgan fingerprint density at radius 1 is 1.43 bits per heavy atom. The lowest BCUT2D eigenvalue weighted by Gasteiger charge is -2.23. The molecule has 8 nitrogen and oxygen atoms in total. The third kappa shape index (κ3) is 5.37. The Labute approximate surface area is 169 Å². The van der Waals surface area contributed by atoms with E-state index in [1.54, 1.807) is 6.92 Å². The maximum Gasteiger partial charge on any atom is 0.338 e. The van der Waals surface area contributed by atoms with E-state index in [1.165, 1.54) is 17.8 Å². The molecule has 1 aromatic rings. The van der Waals surface area contributed by atoms with Crippen LogP contribution >= 0.6 is 11.8 Å². The van der Waals surface area contributed by atoms with Crippen LogP contribution in [-0.2, 0) is 4.79 Å². The van der Waals surface area contributed by atoms with Crippen LogP contribution in [-0.4, -0.2) is 46.8 Å². The summed E-state index contributed by atoms with van der Waals surface area (Å²) >= 11 is 1.38. The molecule has 2 heterocycles. The van der Waals surface area contributed by atoms with Crippen molar-refractivity contribution in [2.24, 2.45) is 10.1 Å². The number of nitrogens with one attached hydrogen (secondary N) is 1. The molecule has 1 aliphatic heterocycles. The fourth-order valence-electron chi connectivity index (χ4n) is 3.02. The monoisotopic (exact) mass is 408 g/mol. The Morgan fingerprint density at radius 2 is 2.14 bits per heavy atom. The minimum absolute atomic E-state index is 0.234. The number of aliphatic imine (C=N–C) groups is 1. The molecule has 2 rings (SSSR count). The van der Waals surface area contributed by atoms with Gasteiger partial charge in [0.15, 0.2) is 0 Å². The fraction of sp³-hybridized carbons (Fsp3) is 0.579. The van der Waals surface area contributed by atoms with Crippen LogP contribution in [0.3, 0.4) is 0 Å². The highest BCUT2D eigenvalue weighted by molar-refractivity contribution is 8.16. The van der Waals surface area contributed by atoms with Crippen molar-refractivity contribution in [3.63, 3.8) is 0 Å². The second-order valence-corrected chi connectivity index (χ2v) is 7.51. The third-order valence-electron chi connectivity index (χ3n) is 4.55. The Hall–Kier alpha value is -2.29. The van der Waals surface area contributed by atoms with Crippen molar-refractivity contribution in [3.8, 4) is 0 Å². The van der Waals surface area contributed by atoms with Gasteiger partial charge in [0.2, 0.25) is 5.91 Å². The standard InChI is InChI=1S/C19H28N4O4S/c1-5-8-14(16-9-13(10-17(24)27-16)23(6-2)7-3)20-18(25)15-11-28-19(21-15)12(4)22-26/h9-10,14-15,26H,5-8,11H2,1-4H3,(H,20,25)/b22-12+. The molecular weight excluding hydrogens is 380 g/mol. The smallest absolute Gasteiger partial charge is 0.338 e. The summed E-state index contributed by atoms with van der Waals surface area (Å²) in [5.41, 5.74) is 0.753. The first kappa shape index (κ1) is 22.0. The van der Waals surface area contributed by atoms with Gasteiger partial charge < -0.3 is 19.8 Å². The number of rotatable bonds is 9. The highest BCUT2D eigenvalue weighted by Crippen LogP contribution is 2.24. The van der Waals surface area contributed by atoms with E-state index in [4.69, 9.17) is 9.62 Å². The predicted molar refractivity (Wildman–Crippen MR) is 113 cm³/mol. The zero-order valence-corrected chi connectivity index (χ0v) is 17.6. The molecule has 9 heteroatoms. The quantitative estimate of drug-likeness (QED) is 0.370. The average molecular weight is 409 g/mol. The van der Waals surface area contributed by atoms with E-state index in [0.717, 1.165) is 25.2 Å². The minimum atomic E-state index is -0.561. The summed E-state index contributed by atoms with van der Waals surface area (Å²) in [7, 11) is 0. The molecule has 2 unspecified atom stereocenters. The predicted octanol–water partition coefficient (Wildman–Crippen LogP) is 2.81. The molecule has 28 heavy (non-hydrogen) atoms. The molecule has 1 aromatic heterocycles. The zero-order valence-electron chi connectivity index (χ0n) is 16.8. The molecule has 0 saturated heterocycles. The van der Waals surface area contributed by atoms with Gasteiger partial charge in [0.1, 0.15) is 22.6 Å². The summed E-state index contributed by atoms with van der Waals surface area (Å²) in [5.74, 6) is 0.700. The van der Waals surface area contributed by atoms with Crippen molar-refractivity contribution in [2.75, 3.05) is 23.7 Å². The van der Waals surface area contributed by atoms with Gasteiger partial charge in [0, 0.05) is 36.7 Å². The molecule has 2 atom stereocenters. The number of hydrogen-bond acceptors (Lipinski definition) is 8. The lowest BCUT2D eigenvalue weighted by atomic mass is 10.1. The van der Waals surface area contributed by atoms with Crippen LogP contribution in [0.4, 0.5) is 5.69 Å². The summed E-state index contributed by atoms with van der Waals surface area (Å²) in [6, 6.07) is 2.34. The molecule has 0 aliphatic carbocycles. The second-order valence-electron chi connectivity index (χ2n) is 6.51. The van der Waals surface area contributed by atoms with Gasteiger partial charge in [-0.25, -0.2) is 4.79 Å². The maximum atomic E-state index is 12.7. The number of carbonyl (C=O) groups excluding carboxylic acids is 1.